The molecule has 2 nitrogen and oxygen atoms in total. The molecule has 2 fully saturated rings. The molecule has 1 aliphatic carbocycles. The van der Waals surface area contributed by atoms with Crippen molar-refractivity contribution in [2.75, 3.05) is 26.2 Å². The lowest BCUT2D eigenvalue weighted by atomic mass is 9.67. The molecular formula is C13H26N2. The monoisotopic (exact) mass is 210 g/mol. The third-order valence-electron chi connectivity index (χ3n) is 4.56. The van der Waals surface area contributed by atoms with Crippen LogP contribution in [0.2, 0.25) is 0 Å². The maximum atomic E-state index is 3.68. The molecule has 0 spiro atoms. The van der Waals surface area contributed by atoms with E-state index in [2.05, 4.69) is 17.6 Å². The SMILES string of the molecule is CCC1(CNCCC2CCNC2)CCC1. The summed E-state index contributed by atoms with van der Waals surface area (Å²) >= 11 is 0. The molecule has 1 saturated heterocycles. The third-order valence-corrected chi connectivity index (χ3v) is 4.56. The zero-order valence-electron chi connectivity index (χ0n) is 10.1. The highest BCUT2D eigenvalue weighted by molar-refractivity contribution is 4.88. The number of nitrogens with one attached hydrogen (secondary N) is 2. The second-order valence-electron chi connectivity index (χ2n) is 5.53. The van der Waals surface area contributed by atoms with Gasteiger partial charge in [0.25, 0.3) is 0 Å². The zero-order chi connectivity index (χ0) is 10.6. The first-order valence-electron chi connectivity index (χ1n) is 6.76. The molecule has 15 heavy (non-hydrogen) atoms. The van der Waals surface area contributed by atoms with E-state index in [1.54, 1.807) is 0 Å². The maximum absolute atomic E-state index is 3.68. The molecule has 0 aromatic rings. The van der Waals surface area contributed by atoms with E-state index in [-0.39, 0.29) is 0 Å². The van der Waals surface area contributed by atoms with Crippen molar-refractivity contribution in [3.05, 3.63) is 0 Å². The minimum atomic E-state index is 0.688. The molecule has 0 aromatic heterocycles. The van der Waals surface area contributed by atoms with Crippen molar-refractivity contribution in [1.29, 1.82) is 0 Å². The van der Waals surface area contributed by atoms with Gasteiger partial charge in [-0.2, -0.15) is 0 Å². The normalized spacial score (nSPS) is 29.0. The average Bonchev–Trinajstić information content (AvgIpc) is 2.68. The zero-order valence-corrected chi connectivity index (χ0v) is 10.1. The number of hydrogen-bond acceptors (Lipinski definition) is 2. The van der Waals surface area contributed by atoms with Crippen LogP contribution in [-0.4, -0.2) is 26.2 Å². The summed E-state index contributed by atoms with van der Waals surface area (Å²) in [6.07, 6.45) is 8.50. The van der Waals surface area contributed by atoms with Gasteiger partial charge in [-0.05, 0) is 63.1 Å². The Morgan fingerprint density at radius 3 is 2.80 bits per heavy atom. The van der Waals surface area contributed by atoms with Gasteiger partial charge in [0.15, 0.2) is 0 Å². The van der Waals surface area contributed by atoms with Crippen LogP contribution in [0, 0.1) is 11.3 Å². The van der Waals surface area contributed by atoms with E-state index < -0.39 is 0 Å². The van der Waals surface area contributed by atoms with Gasteiger partial charge in [-0.3, -0.25) is 0 Å². The Balaban J connectivity index is 1.54. The largest absolute Gasteiger partial charge is 0.316 e. The Bertz CT molecular complexity index is 175. The van der Waals surface area contributed by atoms with Crippen LogP contribution in [0.5, 0.6) is 0 Å². The Labute approximate surface area is 94.2 Å². The van der Waals surface area contributed by atoms with Crippen molar-refractivity contribution in [1.82, 2.24) is 10.6 Å². The minimum absolute atomic E-state index is 0.688. The molecule has 0 radical (unpaired) electrons. The van der Waals surface area contributed by atoms with Crippen molar-refractivity contribution >= 4 is 0 Å². The van der Waals surface area contributed by atoms with Crippen LogP contribution >= 0.6 is 0 Å². The minimum Gasteiger partial charge on any atom is -0.316 e. The Morgan fingerprint density at radius 2 is 2.27 bits per heavy atom. The summed E-state index contributed by atoms with van der Waals surface area (Å²) in [7, 11) is 0. The van der Waals surface area contributed by atoms with Gasteiger partial charge in [-0.15, -0.1) is 0 Å². The molecule has 0 aromatic carbocycles. The van der Waals surface area contributed by atoms with Crippen LogP contribution in [0.15, 0.2) is 0 Å². The number of hydrogen-bond donors (Lipinski definition) is 2. The first-order valence-corrected chi connectivity index (χ1v) is 6.76. The smallest absolute Gasteiger partial charge is 0.000770 e. The third kappa shape index (κ3) is 2.94. The quantitative estimate of drug-likeness (QED) is 0.657. The summed E-state index contributed by atoms with van der Waals surface area (Å²) in [6, 6.07) is 0. The molecule has 1 aliphatic heterocycles. The maximum Gasteiger partial charge on any atom is 0.000770 e. The molecule has 2 N–H and O–H groups in total. The van der Waals surface area contributed by atoms with Gasteiger partial charge in [0.2, 0.25) is 0 Å². The van der Waals surface area contributed by atoms with Crippen LogP contribution in [-0.2, 0) is 0 Å². The predicted molar refractivity (Wildman–Crippen MR) is 65.0 cm³/mol. The molecule has 2 heteroatoms. The second-order valence-corrected chi connectivity index (χ2v) is 5.53. The summed E-state index contributed by atoms with van der Waals surface area (Å²) in [5.74, 6) is 0.941. The van der Waals surface area contributed by atoms with E-state index in [9.17, 15) is 0 Å². The topological polar surface area (TPSA) is 24.1 Å². The lowest BCUT2D eigenvalue weighted by Gasteiger charge is -2.41. The second kappa shape index (κ2) is 5.31. The van der Waals surface area contributed by atoms with Crippen molar-refractivity contribution in [2.45, 2.75) is 45.4 Å². The van der Waals surface area contributed by atoms with Gasteiger partial charge in [-0.25, -0.2) is 0 Å². The molecule has 1 saturated carbocycles. The average molecular weight is 210 g/mol. The molecule has 0 bridgehead atoms. The van der Waals surface area contributed by atoms with Gasteiger partial charge >= 0.3 is 0 Å². The van der Waals surface area contributed by atoms with Crippen molar-refractivity contribution in [3.8, 4) is 0 Å². The lowest BCUT2D eigenvalue weighted by Crippen LogP contribution is -2.40. The first kappa shape index (κ1) is 11.4. The summed E-state index contributed by atoms with van der Waals surface area (Å²) in [5, 5.41) is 7.11. The first-order chi connectivity index (χ1) is 7.35. The van der Waals surface area contributed by atoms with Gasteiger partial charge in [0.05, 0.1) is 0 Å². The number of rotatable bonds is 6. The summed E-state index contributed by atoms with van der Waals surface area (Å²) in [5.41, 5.74) is 0.688. The molecule has 0 amide bonds. The Kier molecular flexibility index (Phi) is 4.04. The van der Waals surface area contributed by atoms with E-state index in [1.807, 2.05) is 0 Å². The Morgan fingerprint density at radius 1 is 1.40 bits per heavy atom. The van der Waals surface area contributed by atoms with Crippen LogP contribution in [0.4, 0.5) is 0 Å². The fraction of sp³-hybridized carbons (Fsp3) is 1.00. The molecule has 2 aliphatic rings. The summed E-state index contributed by atoms with van der Waals surface area (Å²) < 4.78 is 0. The van der Waals surface area contributed by atoms with Gasteiger partial charge < -0.3 is 10.6 Å². The van der Waals surface area contributed by atoms with Gasteiger partial charge in [0.1, 0.15) is 0 Å². The van der Waals surface area contributed by atoms with E-state index in [0.29, 0.717) is 5.41 Å². The summed E-state index contributed by atoms with van der Waals surface area (Å²) in [4.78, 5) is 0. The van der Waals surface area contributed by atoms with Crippen LogP contribution in [0.1, 0.15) is 45.4 Å². The standard InChI is InChI=1S/C13H26N2/c1-2-13(6-3-7-13)11-15-9-5-12-4-8-14-10-12/h12,14-15H,2-11H2,1H3. The van der Waals surface area contributed by atoms with Gasteiger partial charge in [0, 0.05) is 6.54 Å². The van der Waals surface area contributed by atoms with E-state index in [0.717, 1.165) is 5.92 Å². The molecular weight excluding hydrogens is 184 g/mol. The lowest BCUT2D eigenvalue weighted by molar-refractivity contribution is 0.124. The molecule has 1 unspecified atom stereocenters. The Hall–Kier alpha value is -0.0800. The predicted octanol–water partition coefficient (Wildman–Crippen LogP) is 2.16. The summed E-state index contributed by atoms with van der Waals surface area (Å²) in [6.45, 7) is 7.34. The van der Waals surface area contributed by atoms with Crippen molar-refractivity contribution in [2.24, 2.45) is 11.3 Å². The van der Waals surface area contributed by atoms with Crippen LogP contribution in [0.3, 0.4) is 0 Å². The fourth-order valence-corrected chi connectivity index (χ4v) is 2.95. The molecule has 1 heterocycles. The highest BCUT2D eigenvalue weighted by atomic mass is 14.9. The fourth-order valence-electron chi connectivity index (χ4n) is 2.95. The highest BCUT2D eigenvalue weighted by Gasteiger charge is 2.34. The molecule has 2 rings (SSSR count). The van der Waals surface area contributed by atoms with E-state index in [1.165, 1.54) is 64.7 Å². The van der Waals surface area contributed by atoms with E-state index >= 15 is 0 Å². The van der Waals surface area contributed by atoms with E-state index in [4.69, 9.17) is 0 Å². The highest BCUT2D eigenvalue weighted by Crippen LogP contribution is 2.42. The van der Waals surface area contributed by atoms with Gasteiger partial charge in [-0.1, -0.05) is 13.3 Å². The van der Waals surface area contributed by atoms with Crippen LogP contribution in [0.25, 0.3) is 0 Å². The van der Waals surface area contributed by atoms with Crippen LogP contribution < -0.4 is 10.6 Å². The van der Waals surface area contributed by atoms with Crippen molar-refractivity contribution in [3.63, 3.8) is 0 Å². The molecule has 88 valence electrons. The van der Waals surface area contributed by atoms with Crippen molar-refractivity contribution < 1.29 is 0 Å². The molecule has 1 atom stereocenters.